The van der Waals surface area contributed by atoms with Crippen LogP contribution in [0.25, 0.3) is 0 Å². The highest BCUT2D eigenvalue weighted by atomic mass is 35.5. The SMILES string of the molecule is CC(CNC(=O)CN)N(C)c1ccccc1.Cl.Cl. The lowest BCUT2D eigenvalue weighted by Gasteiger charge is -2.27. The van der Waals surface area contributed by atoms with Gasteiger partial charge in [0.05, 0.1) is 6.54 Å². The van der Waals surface area contributed by atoms with Crippen LogP contribution >= 0.6 is 24.8 Å². The van der Waals surface area contributed by atoms with Gasteiger partial charge >= 0.3 is 0 Å². The van der Waals surface area contributed by atoms with Crippen LogP contribution in [0.5, 0.6) is 0 Å². The van der Waals surface area contributed by atoms with Gasteiger partial charge in [0, 0.05) is 25.3 Å². The third-order valence-corrected chi connectivity index (χ3v) is 2.60. The minimum absolute atomic E-state index is 0. The molecule has 0 fully saturated rings. The molecular weight excluding hydrogens is 273 g/mol. The fraction of sp³-hybridized carbons (Fsp3) is 0.417. The number of hydrogen-bond acceptors (Lipinski definition) is 3. The second kappa shape index (κ2) is 10.00. The van der Waals surface area contributed by atoms with E-state index < -0.39 is 0 Å². The van der Waals surface area contributed by atoms with E-state index >= 15 is 0 Å². The number of hydrogen-bond donors (Lipinski definition) is 2. The summed E-state index contributed by atoms with van der Waals surface area (Å²) in [5.41, 5.74) is 6.36. The average Bonchev–Trinajstić information content (AvgIpc) is 2.35. The highest BCUT2D eigenvalue weighted by Crippen LogP contribution is 2.13. The van der Waals surface area contributed by atoms with Crippen LogP contribution in [-0.4, -0.2) is 32.1 Å². The summed E-state index contributed by atoms with van der Waals surface area (Å²) in [4.78, 5) is 13.1. The number of carbonyl (C=O) groups excluding carboxylic acids is 1. The molecule has 1 aromatic carbocycles. The molecule has 3 N–H and O–H groups in total. The molecular formula is C12H21Cl2N3O. The minimum atomic E-state index is -0.117. The van der Waals surface area contributed by atoms with Gasteiger partial charge in [-0.1, -0.05) is 18.2 Å². The third-order valence-electron chi connectivity index (χ3n) is 2.60. The van der Waals surface area contributed by atoms with Crippen LogP contribution in [0, 0.1) is 0 Å². The van der Waals surface area contributed by atoms with Crippen molar-refractivity contribution < 1.29 is 4.79 Å². The molecule has 6 heteroatoms. The maximum absolute atomic E-state index is 11.0. The van der Waals surface area contributed by atoms with Crippen molar-refractivity contribution in [2.45, 2.75) is 13.0 Å². The molecule has 0 saturated carbocycles. The van der Waals surface area contributed by atoms with Crippen molar-refractivity contribution in [2.24, 2.45) is 5.73 Å². The van der Waals surface area contributed by atoms with E-state index in [4.69, 9.17) is 5.73 Å². The van der Waals surface area contributed by atoms with Gasteiger partial charge in [-0.05, 0) is 19.1 Å². The Balaban J connectivity index is 0. The molecule has 1 unspecified atom stereocenters. The molecule has 0 bridgehead atoms. The van der Waals surface area contributed by atoms with Crippen LogP contribution in [0.3, 0.4) is 0 Å². The maximum atomic E-state index is 11.0. The smallest absolute Gasteiger partial charge is 0.233 e. The van der Waals surface area contributed by atoms with E-state index in [1.54, 1.807) is 0 Å². The molecule has 18 heavy (non-hydrogen) atoms. The number of rotatable bonds is 5. The molecule has 104 valence electrons. The molecule has 1 rings (SSSR count). The number of likely N-dealkylation sites (N-methyl/N-ethyl adjacent to an activating group) is 1. The van der Waals surface area contributed by atoms with Crippen molar-refractivity contribution >= 4 is 36.4 Å². The lowest BCUT2D eigenvalue weighted by Crippen LogP contribution is -2.42. The van der Waals surface area contributed by atoms with Crippen LogP contribution in [-0.2, 0) is 4.79 Å². The summed E-state index contributed by atoms with van der Waals surface area (Å²) >= 11 is 0. The van der Waals surface area contributed by atoms with E-state index in [1.807, 2.05) is 37.4 Å². The minimum Gasteiger partial charge on any atom is -0.370 e. The first-order valence-electron chi connectivity index (χ1n) is 5.39. The van der Waals surface area contributed by atoms with Crippen LogP contribution in [0.15, 0.2) is 30.3 Å². The molecule has 1 atom stereocenters. The predicted octanol–water partition coefficient (Wildman–Crippen LogP) is 1.43. The van der Waals surface area contributed by atoms with Crippen LogP contribution in [0.1, 0.15) is 6.92 Å². The van der Waals surface area contributed by atoms with E-state index in [0.717, 1.165) is 5.69 Å². The number of nitrogens with two attached hydrogens (primary N) is 1. The molecule has 0 heterocycles. The molecule has 0 radical (unpaired) electrons. The predicted molar refractivity (Wildman–Crippen MR) is 80.9 cm³/mol. The Morgan fingerprint density at radius 1 is 1.33 bits per heavy atom. The molecule has 0 aliphatic carbocycles. The zero-order valence-corrected chi connectivity index (χ0v) is 12.3. The summed E-state index contributed by atoms with van der Waals surface area (Å²) in [5, 5.41) is 2.78. The largest absolute Gasteiger partial charge is 0.370 e. The molecule has 0 spiro atoms. The van der Waals surface area contributed by atoms with Crippen molar-refractivity contribution in [1.29, 1.82) is 0 Å². The fourth-order valence-corrected chi connectivity index (χ4v) is 1.39. The van der Waals surface area contributed by atoms with Crippen molar-refractivity contribution in [3.8, 4) is 0 Å². The number of halogens is 2. The van der Waals surface area contributed by atoms with E-state index in [2.05, 4.69) is 17.1 Å². The Labute approximate surface area is 121 Å². The lowest BCUT2D eigenvalue weighted by molar-refractivity contribution is -0.119. The molecule has 1 aromatic rings. The Morgan fingerprint density at radius 3 is 2.39 bits per heavy atom. The zero-order valence-electron chi connectivity index (χ0n) is 10.6. The summed E-state index contributed by atoms with van der Waals surface area (Å²) in [6.07, 6.45) is 0. The van der Waals surface area contributed by atoms with Gasteiger partial charge in [-0.3, -0.25) is 4.79 Å². The van der Waals surface area contributed by atoms with E-state index in [9.17, 15) is 4.79 Å². The number of nitrogens with one attached hydrogen (secondary N) is 1. The topological polar surface area (TPSA) is 58.4 Å². The molecule has 4 nitrogen and oxygen atoms in total. The van der Waals surface area contributed by atoms with Gasteiger partial charge in [-0.25, -0.2) is 0 Å². The first-order chi connectivity index (χ1) is 7.65. The first-order valence-corrected chi connectivity index (χ1v) is 5.39. The Kier molecular flexibility index (Phi) is 10.8. The molecule has 0 aromatic heterocycles. The van der Waals surface area contributed by atoms with Gasteiger partial charge < -0.3 is 16.0 Å². The summed E-state index contributed by atoms with van der Waals surface area (Å²) in [6, 6.07) is 10.3. The second-order valence-corrected chi connectivity index (χ2v) is 3.80. The standard InChI is InChI=1S/C12H19N3O.2ClH/c1-10(9-14-12(16)8-13)15(2)11-6-4-3-5-7-11;;/h3-7,10H,8-9,13H2,1-2H3,(H,14,16);2*1H. The summed E-state index contributed by atoms with van der Waals surface area (Å²) < 4.78 is 0. The van der Waals surface area contributed by atoms with Crippen LogP contribution < -0.4 is 16.0 Å². The molecule has 0 aliphatic heterocycles. The Hall–Kier alpha value is -0.970. The highest BCUT2D eigenvalue weighted by Gasteiger charge is 2.10. The summed E-state index contributed by atoms with van der Waals surface area (Å²) in [5.74, 6) is -0.117. The summed E-state index contributed by atoms with van der Waals surface area (Å²) in [7, 11) is 2.01. The number of anilines is 1. The van der Waals surface area contributed by atoms with E-state index in [0.29, 0.717) is 6.54 Å². The highest BCUT2D eigenvalue weighted by molar-refractivity contribution is 5.85. The number of benzene rings is 1. The zero-order chi connectivity index (χ0) is 12.0. The number of carbonyl (C=O) groups is 1. The first kappa shape index (κ1) is 19.4. The lowest BCUT2D eigenvalue weighted by atomic mass is 10.2. The third kappa shape index (κ3) is 6.10. The fourth-order valence-electron chi connectivity index (χ4n) is 1.39. The summed E-state index contributed by atoms with van der Waals surface area (Å²) in [6.45, 7) is 2.70. The van der Waals surface area contributed by atoms with Gasteiger partial charge in [0.1, 0.15) is 0 Å². The molecule has 0 saturated heterocycles. The number of amides is 1. The van der Waals surface area contributed by atoms with Gasteiger partial charge in [-0.15, -0.1) is 24.8 Å². The van der Waals surface area contributed by atoms with Gasteiger partial charge in [0.15, 0.2) is 0 Å². The monoisotopic (exact) mass is 293 g/mol. The van der Waals surface area contributed by atoms with Crippen molar-refractivity contribution in [1.82, 2.24) is 5.32 Å². The normalized spacial score (nSPS) is 10.6. The van der Waals surface area contributed by atoms with E-state index in [1.165, 1.54) is 0 Å². The quantitative estimate of drug-likeness (QED) is 0.863. The number of para-hydroxylation sites is 1. The number of nitrogens with zero attached hydrogens (tertiary/aromatic N) is 1. The van der Waals surface area contributed by atoms with Crippen molar-refractivity contribution in [2.75, 3.05) is 25.0 Å². The van der Waals surface area contributed by atoms with E-state index in [-0.39, 0.29) is 43.3 Å². The van der Waals surface area contributed by atoms with Crippen LogP contribution in [0.4, 0.5) is 5.69 Å². The molecule has 1 amide bonds. The Morgan fingerprint density at radius 2 is 1.89 bits per heavy atom. The van der Waals surface area contributed by atoms with Gasteiger partial charge in [0.25, 0.3) is 0 Å². The second-order valence-electron chi connectivity index (χ2n) is 3.80. The Bertz CT molecular complexity index is 335. The average molecular weight is 294 g/mol. The van der Waals surface area contributed by atoms with Crippen molar-refractivity contribution in [3.05, 3.63) is 30.3 Å². The van der Waals surface area contributed by atoms with Gasteiger partial charge in [0.2, 0.25) is 5.91 Å². The molecule has 0 aliphatic rings. The van der Waals surface area contributed by atoms with Crippen LogP contribution in [0.2, 0.25) is 0 Å². The van der Waals surface area contributed by atoms with Gasteiger partial charge in [-0.2, -0.15) is 0 Å². The maximum Gasteiger partial charge on any atom is 0.233 e. The van der Waals surface area contributed by atoms with Crippen molar-refractivity contribution in [3.63, 3.8) is 0 Å².